The summed E-state index contributed by atoms with van der Waals surface area (Å²) >= 11 is 0. The first-order chi connectivity index (χ1) is 17.5. The summed E-state index contributed by atoms with van der Waals surface area (Å²) in [7, 11) is 0. The molecule has 6 nitrogen and oxygen atoms in total. The Hall–Kier alpha value is -2.83. The second kappa shape index (κ2) is 9.80. The van der Waals surface area contributed by atoms with Gasteiger partial charge in [-0.05, 0) is 90.2 Å². The van der Waals surface area contributed by atoms with Crippen molar-refractivity contribution >= 4 is 22.6 Å². The maximum Gasteiger partial charge on any atom is 0.337 e. The van der Waals surface area contributed by atoms with Crippen molar-refractivity contribution in [3.63, 3.8) is 0 Å². The Balaban J connectivity index is 1.77. The number of hydrogen-bond acceptors (Lipinski definition) is 4. The minimum atomic E-state index is -1.07. The molecule has 0 amide bonds. The number of rotatable bonds is 7. The largest absolute Gasteiger partial charge is 0.479 e. The Kier molecular flexibility index (Phi) is 6.84. The Morgan fingerprint density at radius 2 is 1.68 bits per heavy atom. The molecule has 0 unspecified atom stereocenters. The fourth-order valence-corrected chi connectivity index (χ4v) is 6.21. The van der Waals surface area contributed by atoms with Gasteiger partial charge in [0.25, 0.3) is 0 Å². The van der Waals surface area contributed by atoms with Gasteiger partial charge in [0, 0.05) is 42.8 Å². The average molecular weight is 504 g/mol. The quantitative estimate of drug-likeness (QED) is 0.423. The zero-order chi connectivity index (χ0) is 26.5. The standard InChI is InChI=1S/C31H41N3O3/c1-20-9-11-23(12-10-20)26-24-19-21(2)34-18-17-33(16-15-32-13-7-8-14-32)27(28(24)34)22(3)25(26)29(30(35)36)37-31(4,5)6/h9-12,19,29H,7-8,13-18H2,1-6H3,(H,35,36)/t29-/m0/s1. The van der Waals surface area contributed by atoms with Crippen LogP contribution in [0.1, 0.15) is 62.1 Å². The van der Waals surface area contributed by atoms with Gasteiger partial charge in [0.05, 0.1) is 16.8 Å². The first-order valence-electron chi connectivity index (χ1n) is 13.7. The highest BCUT2D eigenvalue weighted by Gasteiger charge is 2.36. The van der Waals surface area contributed by atoms with Gasteiger partial charge in [-0.2, -0.15) is 0 Å². The summed E-state index contributed by atoms with van der Waals surface area (Å²) in [6.45, 7) is 18.3. The summed E-state index contributed by atoms with van der Waals surface area (Å²) in [5.41, 5.74) is 7.98. The fraction of sp³-hybridized carbons (Fsp3) is 0.516. The molecule has 1 atom stereocenters. The van der Waals surface area contributed by atoms with E-state index in [-0.39, 0.29) is 0 Å². The molecule has 2 aliphatic rings. The number of carboxylic acid groups (broad SMARTS) is 1. The number of aryl methyl sites for hydroxylation is 2. The first-order valence-corrected chi connectivity index (χ1v) is 13.7. The number of anilines is 1. The summed E-state index contributed by atoms with van der Waals surface area (Å²) < 4.78 is 8.72. The summed E-state index contributed by atoms with van der Waals surface area (Å²) in [5.74, 6) is -0.950. The van der Waals surface area contributed by atoms with Gasteiger partial charge in [0.2, 0.25) is 0 Å². The summed E-state index contributed by atoms with van der Waals surface area (Å²) in [6.07, 6.45) is 1.50. The third-order valence-corrected chi connectivity index (χ3v) is 7.92. The lowest BCUT2D eigenvalue weighted by Crippen LogP contribution is -2.39. The highest BCUT2D eigenvalue weighted by Crippen LogP contribution is 2.47. The summed E-state index contributed by atoms with van der Waals surface area (Å²) in [5, 5.41) is 11.6. The molecule has 37 heavy (non-hydrogen) atoms. The van der Waals surface area contributed by atoms with E-state index in [4.69, 9.17) is 4.74 Å². The van der Waals surface area contributed by atoms with Crippen molar-refractivity contribution in [1.29, 1.82) is 0 Å². The van der Waals surface area contributed by atoms with Crippen LogP contribution in [0.2, 0.25) is 0 Å². The van der Waals surface area contributed by atoms with Crippen molar-refractivity contribution in [3.05, 3.63) is 52.7 Å². The number of hydrogen-bond donors (Lipinski definition) is 1. The van der Waals surface area contributed by atoms with Gasteiger partial charge in [-0.1, -0.05) is 29.8 Å². The van der Waals surface area contributed by atoms with Gasteiger partial charge in [-0.25, -0.2) is 4.79 Å². The highest BCUT2D eigenvalue weighted by molar-refractivity contribution is 6.07. The van der Waals surface area contributed by atoms with Crippen LogP contribution in [0.3, 0.4) is 0 Å². The van der Waals surface area contributed by atoms with E-state index >= 15 is 0 Å². The molecule has 0 spiro atoms. The highest BCUT2D eigenvalue weighted by atomic mass is 16.5. The zero-order valence-electron chi connectivity index (χ0n) is 23.2. The maximum atomic E-state index is 12.8. The van der Waals surface area contributed by atoms with Crippen LogP contribution >= 0.6 is 0 Å². The fourth-order valence-electron chi connectivity index (χ4n) is 6.21. The zero-order valence-corrected chi connectivity index (χ0v) is 23.2. The van der Waals surface area contributed by atoms with Gasteiger partial charge in [-0.3, -0.25) is 0 Å². The van der Waals surface area contributed by atoms with Crippen molar-refractivity contribution in [1.82, 2.24) is 9.47 Å². The number of likely N-dealkylation sites (tertiary alicyclic amines) is 1. The van der Waals surface area contributed by atoms with Crippen LogP contribution in [0.15, 0.2) is 30.3 Å². The number of aromatic nitrogens is 1. The van der Waals surface area contributed by atoms with Crippen LogP contribution in [0.5, 0.6) is 0 Å². The Labute approximate surface area is 220 Å². The SMILES string of the molecule is Cc1ccc(-c2c([C@H](OC(C)(C)C)C(=O)O)c(C)c3c4c2cc(C)n4CCN3CCN2CCCC2)cc1. The molecule has 1 N–H and O–H groups in total. The molecule has 3 heterocycles. The smallest absolute Gasteiger partial charge is 0.337 e. The molecule has 1 saturated heterocycles. The van der Waals surface area contributed by atoms with E-state index in [1.54, 1.807) is 0 Å². The number of benzene rings is 2. The van der Waals surface area contributed by atoms with Crippen LogP contribution in [0.4, 0.5) is 5.69 Å². The number of carbonyl (C=O) groups is 1. The van der Waals surface area contributed by atoms with Crippen LogP contribution in [-0.2, 0) is 16.1 Å². The molecule has 1 fully saturated rings. The van der Waals surface area contributed by atoms with E-state index in [0.717, 1.165) is 53.8 Å². The van der Waals surface area contributed by atoms with E-state index in [2.05, 4.69) is 65.5 Å². The molecule has 3 aromatic rings. The van der Waals surface area contributed by atoms with E-state index < -0.39 is 17.7 Å². The van der Waals surface area contributed by atoms with Crippen molar-refractivity contribution in [3.8, 4) is 11.1 Å². The van der Waals surface area contributed by atoms with E-state index in [1.165, 1.54) is 48.4 Å². The molecule has 2 aliphatic heterocycles. The number of carboxylic acids is 1. The summed E-state index contributed by atoms with van der Waals surface area (Å²) in [6, 6.07) is 10.7. The van der Waals surface area contributed by atoms with Crippen LogP contribution < -0.4 is 4.90 Å². The first kappa shape index (κ1) is 25.8. The second-order valence-electron chi connectivity index (χ2n) is 11.8. The maximum absolute atomic E-state index is 12.8. The Morgan fingerprint density at radius 1 is 1.00 bits per heavy atom. The van der Waals surface area contributed by atoms with E-state index in [0.29, 0.717) is 0 Å². The molecule has 0 bridgehead atoms. The predicted octanol–water partition coefficient (Wildman–Crippen LogP) is 6.09. The topological polar surface area (TPSA) is 57.9 Å². The van der Waals surface area contributed by atoms with Crippen molar-refractivity contribution < 1.29 is 14.6 Å². The summed E-state index contributed by atoms with van der Waals surface area (Å²) in [4.78, 5) is 17.9. The molecule has 2 aromatic carbocycles. The minimum Gasteiger partial charge on any atom is -0.479 e. The van der Waals surface area contributed by atoms with Gasteiger partial charge in [0.1, 0.15) is 0 Å². The third kappa shape index (κ3) is 4.89. The molecule has 0 radical (unpaired) electrons. The number of ether oxygens (including phenoxy) is 1. The lowest BCUT2D eigenvalue weighted by molar-refractivity contribution is -0.160. The second-order valence-corrected chi connectivity index (χ2v) is 11.8. The Bertz CT molecular complexity index is 1310. The molecule has 0 saturated carbocycles. The van der Waals surface area contributed by atoms with Crippen molar-refractivity contribution in [2.24, 2.45) is 0 Å². The number of aliphatic carboxylic acids is 1. The lowest BCUT2D eigenvalue weighted by Gasteiger charge is -2.36. The lowest BCUT2D eigenvalue weighted by atomic mass is 9.87. The van der Waals surface area contributed by atoms with Crippen molar-refractivity contribution in [2.45, 2.75) is 72.6 Å². The predicted molar refractivity (Wildman–Crippen MR) is 151 cm³/mol. The molecule has 198 valence electrons. The molecular weight excluding hydrogens is 462 g/mol. The van der Waals surface area contributed by atoms with Crippen LogP contribution in [-0.4, -0.2) is 58.9 Å². The van der Waals surface area contributed by atoms with E-state index in [1.807, 2.05) is 20.8 Å². The average Bonchev–Trinajstić information content (AvgIpc) is 3.47. The molecular formula is C31H41N3O3. The molecule has 6 heteroatoms. The molecule has 1 aromatic heterocycles. The Morgan fingerprint density at radius 3 is 2.30 bits per heavy atom. The van der Waals surface area contributed by atoms with Gasteiger partial charge in [-0.15, -0.1) is 0 Å². The van der Waals surface area contributed by atoms with Crippen LogP contribution in [0.25, 0.3) is 22.0 Å². The van der Waals surface area contributed by atoms with E-state index in [9.17, 15) is 9.90 Å². The van der Waals surface area contributed by atoms with Crippen molar-refractivity contribution in [2.75, 3.05) is 37.6 Å². The minimum absolute atomic E-state index is 0.608. The number of nitrogens with zero attached hydrogens (tertiary/aromatic N) is 3. The van der Waals surface area contributed by atoms with Crippen LogP contribution in [0, 0.1) is 20.8 Å². The molecule has 0 aliphatic carbocycles. The van der Waals surface area contributed by atoms with Gasteiger partial charge >= 0.3 is 5.97 Å². The molecule has 5 rings (SSSR count). The van der Waals surface area contributed by atoms with Gasteiger partial charge in [0.15, 0.2) is 6.10 Å². The third-order valence-electron chi connectivity index (χ3n) is 7.92. The normalized spacial score (nSPS) is 17.1. The van der Waals surface area contributed by atoms with Gasteiger partial charge < -0.3 is 24.2 Å². The monoisotopic (exact) mass is 503 g/mol.